The molecule has 0 aliphatic carbocycles. The molecule has 102 valence electrons. The van der Waals surface area contributed by atoms with E-state index in [1.807, 2.05) is 0 Å². The third-order valence-electron chi connectivity index (χ3n) is 3.71. The maximum atomic E-state index is 4.40. The molecule has 1 saturated heterocycles. The van der Waals surface area contributed by atoms with Gasteiger partial charge in [0, 0.05) is 19.1 Å². The average molecular weight is 276 g/mol. The van der Waals surface area contributed by atoms with Gasteiger partial charge in [0.2, 0.25) is 0 Å². The first-order valence-electron chi connectivity index (χ1n) is 7.04. The summed E-state index contributed by atoms with van der Waals surface area (Å²) in [7, 11) is 0. The van der Waals surface area contributed by atoms with E-state index in [1.165, 1.54) is 43.6 Å². The molecule has 5 heteroatoms. The van der Waals surface area contributed by atoms with Crippen LogP contribution < -0.4 is 5.32 Å². The van der Waals surface area contributed by atoms with Gasteiger partial charge in [0.05, 0.1) is 10.2 Å². The van der Waals surface area contributed by atoms with Crippen LogP contribution in [0.25, 0.3) is 10.2 Å². The topological polar surface area (TPSA) is 41.0 Å². The molecule has 2 aromatic rings. The van der Waals surface area contributed by atoms with Gasteiger partial charge in [-0.15, -0.1) is 11.3 Å². The number of piperidine rings is 1. The molecular formula is C14H20N4S. The molecule has 3 heterocycles. The fourth-order valence-corrected chi connectivity index (χ4v) is 3.50. The second kappa shape index (κ2) is 5.84. The molecule has 0 aromatic carbocycles. The third kappa shape index (κ3) is 2.87. The third-order valence-corrected chi connectivity index (χ3v) is 4.62. The van der Waals surface area contributed by atoms with E-state index >= 15 is 0 Å². The van der Waals surface area contributed by atoms with E-state index in [0.717, 1.165) is 11.3 Å². The highest BCUT2D eigenvalue weighted by Crippen LogP contribution is 2.26. The van der Waals surface area contributed by atoms with Gasteiger partial charge >= 0.3 is 0 Å². The molecule has 3 rings (SSSR count). The summed E-state index contributed by atoms with van der Waals surface area (Å²) in [6.07, 6.45) is 5.32. The fourth-order valence-electron chi connectivity index (χ4n) is 2.70. The highest BCUT2D eigenvalue weighted by Gasteiger charge is 2.19. The van der Waals surface area contributed by atoms with Crippen molar-refractivity contribution in [1.82, 2.24) is 14.9 Å². The molecule has 0 amide bonds. The van der Waals surface area contributed by atoms with Gasteiger partial charge in [0.15, 0.2) is 0 Å². The minimum atomic E-state index is 0.549. The molecule has 0 saturated carbocycles. The van der Waals surface area contributed by atoms with Crippen molar-refractivity contribution in [3.05, 3.63) is 17.8 Å². The van der Waals surface area contributed by atoms with Gasteiger partial charge in [-0.2, -0.15) is 0 Å². The smallest absolute Gasteiger partial charge is 0.147 e. The predicted molar refractivity (Wildman–Crippen MR) is 80.8 cm³/mol. The first-order chi connectivity index (χ1) is 9.36. The minimum absolute atomic E-state index is 0.549. The molecule has 19 heavy (non-hydrogen) atoms. The van der Waals surface area contributed by atoms with Gasteiger partial charge in [-0.05, 0) is 37.3 Å². The largest absolute Gasteiger partial charge is 0.366 e. The van der Waals surface area contributed by atoms with Gasteiger partial charge in [-0.3, -0.25) is 0 Å². The van der Waals surface area contributed by atoms with Crippen LogP contribution in [0.3, 0.4) is 0 Å². The number of anilines is 1. The van der Waals surface area contributed by atoms with E-state index in [9.17, 15) is 0 Å². The number of nitrogens with zero attached hydrogens (tertiary/aromatic N) is 3. The molecule has 1 aliphatic rings. The van der Waals surface area contributed by atoms with Crippen molar-refractivity contribution in [2.45, 2.75) is 32.2 Å². The lowest BCUT2D eigenvalue weighted by atomic mass is 10.0. The normalized spacial score (nSPS) is 17.9. The van der Waals surface area contributed by atoms with Gasteiger partial charge < -0.3 is 10.2 Å². The van der Waals surface area contributed by atoms with Crippen molar-refractivity contribution in [1.29, 1.82) is 0 Å². The van der Waals surface area contributed by atoms with Crippen molar-refractivity contribution in [3.63, 3.8) is 0 Å². The molecule has 1 fully saturated rings. The van der Waals surface area contributed by atoms with Gasteiger partial charge in [0.25, 0.3) is 0 Å². The Morgan fingerprint density at radius 3 is 3.00 bits per heavy atom. The number of thiophene rings is 1. The molecule has 0 spiro atoms. The summed E-state index contributed by atoms with van der Waals surface area (Å²) in [6.45, 7) is 5.88. The van der Waals surface area contributed by atoms with Crippen molar-refractivity contribution < 1.29 is 0 Å². The lowest BCUT2D eigenvalue weighted by Crippen LogP contribution is -2.39. The second-order valence-electron chi connectivity index (χ2n) is 5.12. The van der Waals surface area contributed by atoms with Crippen LogP contribution in [0, 0.1) is 0 Å². The Kier molecular flexibility index (Phi) is 3.94. The number of hydrogen-bond acceptors (Lipinski definition) is 5. The van der Waals surface area contributed by atoms with Crippen molar-refractivity contribution in [2.75, 3.05) is 25.0 Å². The highest BCUT2D eigenvalue weighted by atomic mass is 32.1. The second-order valence-corrected chi connectivity index (χ2v) is 6.03. The summed E-state index contributed by atoms with van der Waals surface area (Å²) >= 11 is 1.71. The van der Waals surface area contributed by atoms with Crippen molar-refractivity contribution in [2.24, 2.45) is 0 Å². The summed E-state index contributed by atoms with van der Waals surface area (Å²) < 4.78 is 1.18. The van der Waals surface area contributed by atoms with E-state index in [2.05, 4.69) is 38.6 Å². The summed E-state index contributed by atoms with van der Waals surface area (Å²) in [5, 5.41) is 5.68. The Bertz CT molecular complexity index is 531. The number of likely N-dealkylation sites (tertiary alicyclic amines) is 1. The molecule has 1 N–H and O–H groups in total. The van der Waals surface area contributed by atoms with Crippen molar-refractivity contribution in [3.8, 4) is 0 Å². The Morgan fingerprint density at radius 2 is 2.21 bits per heavy atom. The Labute approximate surface area is 117 Å². The monoisotopic (exact) mass is 276 g/mol. The first kappa shape index (κ1) is 12.8. The first-order valence-corrected chi connectivity index (χ1v) is 7.92. The summed E-state index contributed by atoms with van der Waals surface area (Å²) in [5.74, 6) is 1.01. The van der Waals surface area contributed by atoms with Crippen LogP contribution >= 0.6 is 11.3 Å². The molecule has 0 atom stereocenters. The van der Waals surface area contributed by atoms with Crippen LogP contribution in [0.2, 0.25) is 0 Å². The molecule has 0 unspecified atom stereocenters. The van der Waals surface area contributed by atoms with E-state index in [0.29, 0.717) is 6.04 Å². The maximum Gasteiger partial charge on any atom is 0.147 e. The molecule has 4 nitrogen and oxygen atoms in total. The zero-order chi connectivity index (χ0) is 13.1. The quantitative estimate of drug-likeness (QED) is 0.932. The molecule has 1 aliphatic heterocycles. The van der Waals surface area contributed by atoms with Crippen LogP contribution in [0.4, 0.5) is 5.82 Å². The van der Waals surface area contributed by atoms with Crippen LogP contribution in [-0.4, -0.2) is 40.5 Å². The number of hydrogen-bond donors (Lipinski definition) is 1. The van der Waals surface area contributed by atoms with Gasteiger partial charge in [0.1, 0.15) is 12.1 Å². The van der Waals surface area contributed by atoms with Crippen LogP contribution in [0.15, 0.2) is 17.8 Å². The van der Waals surface area contributed by atoms with E-state index < -0.39 is 0 Å². The van der Waals surface area contributed by atoms with Crippen molar-refractivity contribution >= 4 is 27.4 Å². The number of fused-ring (bicyclic) bond motifs is 1. The predicted octanol–water partition coefficient (Wildman–Crippen LogP) is 2.98. The van der Waals surface area contributed by atoms with Crippen LogP contribution in [0.1, 0.15) is 26.2 Å². The Morgan fingerprint density at radius 1 is 1.37 bits per heavy atom. The minimum Gasteiger partial charge on any atom is -0.366 e. The number of nitrogens with one attached hydrogen (secondary N) is 1. The number of aromatic nitrogens is 2. The summed E-state index contributed by atoms with van der Waals surface area (Å²) in [4.78, 5) is 11.2. The molecular weight excluding hydrogens is 256 g/mol. The molecule has 0 radical (unpaired) electrons. The zero-order valence-corrected chi connectivity index (χ0v) is 12.1. The Balaban J connectivity index is 1.65. The molecule has 2 aromatic heterocycles. The SMILES string of the molecule is CCCN1CCC(Nc2ncnc3ccsc23)CC1. The highest BCUT2D eigenvalue weighted by molar-refractivity contribution is 7.17. The lowest BCUT2D eigenvalue weighted by molar-refractivity contribution is 0.219. The van der Waals surface area contributed by atoms with Gasteiger partial charge in [-0.1, -0.05) is 6.92 Å². The van der Waals surface area contributed by atoms with E-state index in [-0.39, 0.29) is 0 Å². The Hall–Kier alpha value is -1.20. The standard InChI is InChI=1S/C14H20N4S/c1-2-6-18-7-3-11(4-8-18)17-14-13-12(5-9-19-13)15-10-16-14/h5,9-11H,2-4,6-8H2,1H3,(H,15,16,17). The van der Waals surface area contributed by atoms with Crippen LogP contribution in [0.5, 0.6) is 0 Å². The lowest BCUT2D eigenvalue weighted by Gasteiger charge is -2.32. The van der Waals surface area contributed by atoms with Crippen LogP contribution in [-0.2, 0) is 0 Å². The maximum absolute atomic E-state index is 4.40. The summed E-state index contributed by atoms with van der Waals surface area (Å²) in [5.41, 5.74) is 1.05. The van der Waals surface area contributed by atoms with E-state index in [4.69, 9.17) is 0 Å². The fraction of sp³-hybridized carbons (Fsp3) is 0.571. The number of rotatable bonds is 4. The summed E-state index contributed by atoms with van der Waals surface area (Å²) in [6, 6.07) is 2.60. The van der Waals surface area contributed by atoms with Gasteiger partial charge in [-0.25, -0.2) is 9.97 Å². The molecule has 0 bridgehead atoms. The van der Waals surface area contributed by atoms with E-state index in [1.54, 1.807) is 17.7 Å². The zero-order valence-electron chi connectivity index (χ0n) is 11.3. The average Bonchev–Trinajstić information content (AvgIpc) is 2.91.